The molecule has 2 N–H and O–H groups in total. The number of nitrogens with zero attached hydrogens (tertiary/aromatic N) is 2. The van der Waals surface area contributed by atoms with Crippen LogP contribution >= 0.6 is 0 Å². The van der Waals surface area contributed by atoms with Crippen LogP contribution in [0.3, 0.4) is 0 Å². The van der Waals surface area contributed by atoms with E-state index in [1.54, 1.807) is 0 Å². The molecule has 1 unspecified atom stereocenters. The van der Waals surface area contributed by atoms with E-state index in [1.165, 1.54) is 5.56 Å². The average molecular weight is 300 g/mol. The lowest BCUT2D eigenvalue weighted by Crippen LogP contribution is -2.38. The first-order chi connectivity index (χ1) is 10.5. The lowest BCUT2D eigenvalue weighted by molar-refractivity contribution is 0.238. The third-order valence-corrected chi connectivity index (χ3v) is 3.89. The van der Waals surface area contributed by atoms with Crippen LogP contribution in [0.5, 0.6) is 0 Å². The molecule has 0 fully saturated rings. The highest BCUT2D eigenvalue weighted by Gasteiger charge is 2.17. The van der Waals surface area contributed by atoms with E-state index in [2.05, 4.69) is 27.9 Å². The molecule has 5 heteroatoms. The maximum Gasteiger partial charge on any atom is 0.315 e. The second kappa shape index (κ2) is 7.11. The number of hydrogen-bond acceptors (Lipinski definition) is 2. The Morgan fingerprint density at radius 3 is 2.55 bits per heavy atom. The maximum absolute atomic E-state index is 12.0. The Morgan fingerprint density at radius 2 is 1.95 bits per heavy atom. The second-order valence-electron chi connectivity index (χ2n) is 5.57. The van der Waals surface area contributed by atoms with Crippen LogP contribution in [0.4, 0.5) is 4.79 Å². The summed E-state index contributed by atoms with van der Waals surface area (Å²) in [7, 11) is 1.92. The number of rotatable bonds is 5. The monoisotopic (exact) mass is 300 g/mol. The van der Waals surface area contributed by atoms with Crippen LogP contribution in [0.25, 0.3) is 0 Å². The minimum Gasteiger partial charge on any atom is -0.338 e. The van der Waals surface area contributed by atoms with Crippen LogP contribution in [-0.4, -0.2) is 22.4 Å². The number of nitrogens with one attached hydrogen (secondary N) is 2. The predicted molar refractivity (Wildman–Crippen MR) is 87.8 cm³/mol. The zero-order valence-electron chi connectivity index (χ0n) is 13.7. The lowest BCUT2D eigenvalue weighted by Gasteiger charge is -2.15. The Hall–Kier alpha value is -2.30. The number of amides is 2. The Bertz CT molecular complexity index is 634. The number of urea groups is 1. The summed E-state index contributed by atoms with van der Waals surface area (Å²) >= 11 is 0. The van der Waals surface area contributed by atoms with Crippen LogP contribution in [-0.2, 0) is 13.5 Å². The molecule has 0 bridgehead atoms. The van der Waals surface area contributed by atoms with Gasteiger partial charge in [-0.25, -0.2) is 4.79 Å². The van der Waals surface area contributed by atoms with E-state index < -0.39 is 0 Å². The number of aryl methyl sites for hydroxylation is 2. The van der Waals surface area contributed by atoms with E-state index in [0.29, 0.717) is 6.54 Å². The van der Waals surface area contributed by atoms with Gasteiger partial charge in [-0.15, -0.1) is 0 Å². The van der Waals surface area contributed by atoms with Crippen molar-refractivity contribution >= 4 is 6.03 Å². The van der Waals surface area contributed by atoms with Gasteiger partial charge in [0.05, 0.1) is 11.7 Å². The minimum absolute atomic E-state index is 0.0644. The van der Waals surface area contributed by atoms with E-state index in [4.69, 9.17) is 0 Å². The van der Waals surface area contributed by atoms with E-state index in [1.807, 2.05) is 50.7 Å². The van der Waals surface area contributed by atoms with Gasteiger partial charge in [0.1, 0.15) is 0 Å². The van der Waals surface area contributed by atoms with Crippen molar-refractivity contribution in [2.45, 2.75) is 33.2 Å². The molecule has 0 aliphatic heterocycles. The summed E-state index contributed by atoms with van der Waals surface area (Å²) in [6.45, 7) is 6.58. The molecule has 1 aromatic carbocycles. The third-order valence-electron chi connectivity index (χ3n) is 3.89. The summed E-state index contributed by atoms with van der Waals surface area (Å²) in [5.41, 5.74) is 4.34. The number of carbonyl (C=O) groups is 1. The molecule has 0 radical (unpaired) electrons. The van der Waals surface area contributed by atoms with Crippen molar-refractivity contribution < 1.29 is 4.79 Å². The van der Waals surface area contributed by atoms with E-state index >= 15 is 0 Å². The maximum atomic E-state index is 12.0. The Balaban J connectivity index is 1.84. The molecule has 0 saturated carbocycles. The van der Waals surface area contributed by atoms with Crippen molar-refractivity contribution in [3.8, 4) is 0 Å². The van der Waals surface area contributed by atoms with Gasteiger partial charge < -0.3 is 10.6 Å². The Kier molecular flexibility index (Phi) is 5.20. The molecule has 0 aliphatic rings. The molecule has 5 nitrogen and oxygen atoms in total. The van der Waals surface area contributed by atoms with E-state index in [-0.39, 0.29) is 12.1 Å². The molecular weight excluding hydrogens is 276 g/mol. The van der Waals surface area contributed by atoms with Crippen molar-refractivity contribution in [3.05, 3.63) is 52.8 Å². The number of benzene rings is 1. The van der Waals surface area contributed by atoms with E-state index in [9.17, 15) is 4.79 Å². The summed E-state index contributed by atoms with van der Waals surface area (Å²) < 4.78 is 1.84. The van der Waals surface area contributed by atoms with Gasteiger partial charge in [-0.05, 0) is 32.8 Å². The fraction of sp³-hybridized carbons (Fsp3) is 0.412. The quantitative estimate of drug-likeness (QED) is 0.892. The van der Waals surface area contributed by atoms with Gasteiger partial charge in [0.15, 0.2) is 0 Å². The fourth-order valence-corrected chi connectivity index (χ4v) is 2.70. The average Bonchev–Trinajstić information content (AvgIpc) is 2.73. The molecule has 1 atom stereocenters. The number of aromatic nitrogens is 2. The Morgan fingerprint density at radius 1 is 1.27 bits per heavy atom. The normalized spacial score (nSPS) is 12.0. The van der Waals surface area contributed by atoms with E-state index in [0.717, 1.165) is 23.4 Å². The van der Waals surface area contributed by atoms with Gasteiger partial charge in [-0.3, -0.25) is 4.68 Å². The molecular formula is C17H24N4O. The van der Waals surface area contributed by atoms with Crippen LogP contribution in [0.1, 0.15) is 35.5 Å². The van der Waals surface area contributed by atoms with Gasteiger partial charge >= 0.3 is 6.03 Å². The van der Waals surface area contributed by atoms with Gasteiger partial charge in [-0.2, -0.15) is 5.10 Å². The van der Waals surface area contributed by atoms with Gasteiger partial charge in [0, 0.05) is 24.8 Å². The molecule has 1 heterocycles. The van der Waals surface area contributed by atoms with Gasteiger partial charge in [0.2, 0.25) is 0 Å². The van der Waals surface area contributed by atoms with Crippen molar-refractivity contribution in [1.82, 2.24) is 20.4 Å². The van der Waals surface area contributed by atoms with Crippen molar-refractivity contribution in [3.63, 3.8) is 0 Å². The third kappa shape index (κ3) is 3.87. The summed E-state index contributed by atoms with van der Waals surface area (Å²) in [5.74, 6) is 0. The summed E-state index contributed by atoms with van der Waals surface area (Å²) in [6.07, 6.45) is 0.827. The SMILES string of the molecule is Cc1nn(C)c(C)c1C(C)NC(=O)NCCc1ccccc1. The fourth-order valence-electron chi connectivity index (χ4n) is 2.70. The largest absolute Gasteiger partial charge is 0.338 e. The molecule has 2 amide bonds. The zero-order valence-corrected chi connectivity index (χ0v) is 13.7. The highest BCUT2D eigenvalue weighted by Crippen LogP contribution is 2.20. The summed E-state index contributed by atoms with van der Waals surface area (Å²) in [5, 5.41) is 10.3. The van der Waals surface area contributed by atoms with Crippen LogP contribution in [0.2, 0.25) is 0 Å². The lowest BCUT2D eigenvalue weighted by atomic mass is 10.1. The molecule has 22 heavy (non-hydrogen) atoms. The van der Waals surface area contributed by atoms with Crippen LogP contribution < -0.4 is 10.6 Å². The second-order valence-corrected chi connectivity index (χ2v) is 5.57. The molecule has 0 saturated heterocycles. The standard InChI is InChI=1S/C17H24N4O/c1-12(16-13(2)20-21(4)14(16)3)19-17(22)18-11-10-15-8-6-5-7-9-15/h5-9,12H,10-11H2,1-4H3,(H2,18,19,22). The number of carbonyl (C=O) groups excluding carboxylic acids is 1. The van der Waals surface area contributed by atoms with Crippen LogP contribution in [0, 0.1) is 13.8 Å². The molecule has 1 aromatic heterocycles. The zero-order chi connectivity index (χ0) is 16.1. The van der Waals surface area contributed by atoms with Gasteiger partial charge in [0.25, 0.3) is 0 Å². The summed E-state index contributed by atoms with van der Waals surface area (Å²) in [6, 6.07) is 9.91. The topological polar surface area (TPSA) is 59.0 Å². The minimum atomic E-state index is -0.147. The smallest absolute Gasteiger partial charge is 0.315 e. The first-order valence-corrected chi connectivity index (χ1v) is 7.57. The first-order valence-electron chi connectivity index (χ1n) is 7.57. The molecule has 2 aromatic rings. The predicted octanol–water partition coefficient (Wildman–Crippen LogP) is 2.64. The molecule has 2 rings (SSSR count). The van der Waals surface area contributed by atoms with Gasteiger partial charge in [-0.1, -0.05) is 30.3 Å². The van der Waals surface area contributed by atoms with Crippen LogP contribution in [0.15, 0.2) is 30.3 Å². The molecule has 0 aliphatic carbocycles. The highest BCUT2D eigenvalue weighted by atomic mass is 16.2. The first kappa shape index (κ1) is 16.1. The van der Waals surface area contributed by atoms with Crippen molar-refractivity contribution in [1.29, 1.82) is 0 Å². The van der Waals surface area contributed by atoms with Crippen molar-refractivity contribution in [2.75, 3.05) is 6.54 Å². The Labute approximate surface area is 131 Å². The molecule has 118 valence electrons. The number of hydrogen-bond donors (Lipinski definition) is 2. The summed E-state index contributed by atoms with van der Waals surface area (Å²) in [4.78, 5) is 12.0. The highest BCUT2D eigenvalue weighted by molar-refractivity contribution is 5.74. The molecule has 0 spiro atoms. The van der Waals surface area contributed by atoms with Crippen molar-refractivity contribution in [2.24, 2.45) is 7.05 Å².